The van der Waals surface area contributed by atoms with Gasteiger partial charge in [-0.25, -0.2) is 18.0 Å². The van der Waals surface area contributed by atoms with Crippen molar-refractivity contribution in [3.8, 4) is 0 Å². The van der Waals surface area contributed by atoms with Crippen molar-refractivity contribution in [3.05, 3.63) is 45.4 Å². The lowest BCUT2D eigenvalue weighted by molar-refractivity contribution is -0.106. The van der Waals surface area contributed by atoms with Gasteiger partial charge in [-0.15, -0.1) is 40.9 Å². The van der Waals surface area contributed by atoms with Crippen molar-refractivity contribution in [1.29, 1.82) is 0 Å². The zero-order chi connectivity index (χ0) is 53.7. The van der Waals surface area contributed by atoms with E-state index in [4.69, 9.17) is 9.47 Å². The number of nitrogens with zero attached hydrogens (tertiary/aromatic N) is 10. The molecule has 0 saturated heterocycles. The minimum absolute atomic E-state index is 0.00509. The summed E-state index contributed by atoms with van der Waals surface area (Å²) in [5.41, 5.74) is -3.05. The Morgan fingerprint density at radius 3 is 1.47 bits per heavy atom. The number of fused-ring (bicyclic) bond motifs is 2. The lowest BCUT2D eigenvalue weighted by atomic mass is 9.95. The molecule has 0 fully saturated rings. The van der Waals surface area contributed by atoms with Gasteiger partial charge in [0.2, 0.25) is 20.0 Å². The van der Waals surface area contributed by atoms with Gasteiger partial charge in [0.15, 0.2) is 5.75 Å². The second-order valence-corrected chi connectivity index (χ2v) is 22.2. The third kappa shape index (κ3) is 16.4. The number of azo groups is 2. The fourth-order valence-corrected chi connectivity index (χ4v) is 10.1. The van der Waals surface area contributed by atoms with Gasteiger partial charge in [-0.1, -0.05) is 63.2 Å². The van der Waals surface area contributed by atoms with E-state index in [1.807, 2.05) is 51.2 Å². The van der Waals surface area contributed by atoms with Gasteiger partial charge in [0, 0.05) is 36.5 Å². The molecule has 2 aromatic heterocycles. The molecule has 2 aliphatic heterocycles. The van der Waals surface area contributed by atoms with Crippen LogP contribution < -0.4 is 19.2 Å². The average molecular weight is 1110 g/mol. The molecule has 6 rings (SSSR count). The number of anilines is 4. The first kappa shape index (κ1) is 58.3. The van der Waals surface area contributed by atoms with E-state index in [1.165, 1.54) is 18.2 Å². The van der Waals surface area contributed by atoms with Gasteiger partial charge in [0.25, 0.3) is 10.3 Å². The van der Waals surface area contributed by atoms with Crippen LogP contribution in [0.1, 0.15) is 124 Å². The lowest BCUT2D eigenvalue weighted by Crippen LogP contribution is -2.38. The fraction of sp³-hybridized carbons (Fsp3) is 0.581. The number of hydrogen-bond donors (Lipinski definition) is 2. The second-order valence-electron chi connectivity index (χ2n) is 16.8. The number of sulfonamides is 2. The number of ether oxygens (including phenoxy) is 2. The number of esters is 2. The van der Waals surface area contributed by atoms with Crippen molar-refractivity contribution in [2.75, 3.05) is 51.3 Å². The summed E-state index contributed by atoms with van der Waals surface area (Å²) < 4.78 is 140. The predicted molar refractivity (Wildman–Crippen MR) is 264 cm³/mol. The number of benzene rings is 2. The highest BCUT2D eigenvalue weighted by molar-refractivity contribution is 7.93. The monoisotopic (exact) mass is 1110 g/mol. The first-order chi connectivity index (χ1) is 34.4. The molecule has 4 aromatic rings. The van der Waals surface area contributed by atoms with E-state index in [1.54, 1.807) is 10.8 Å². The van der Waals surface area contributed by atoms with Crippen LogP contribution in [0, 0.1) is 0 Å². The van der Waals surface area contributed by atoms with Crippen molar-refractivity contribution >= 4 is 99.0 Å². The number of rotatable bonds is 21. The van der Waals surface area contributed by atoms with Gasteiger partial charge in [-0.2, -0.15) is 34.8 Å². The molecule has 0 bridgehead atoms. The number of nitrogens with one attached hydrogen (secondary N) is 2. The van der Waals surface area contributed by atoms with Crippen LogP contribution in [0.5, 0.6) is 0 Å². The van der Waals surface area contributed by atoms with Gasteiger partial charge < -0.3 is 19.3 Å². The molecule has 2 unspecified atom stereocenters. The van der Waals surface area contributed by atoms with Crippen molar-refractivity contribution in [2.45, 2.75) is 130 Å². The van der Waals surface area contributed by atoms with E-state index in [2.05, 4.69) is 45.8 Å². The maximum atomic E-state index is 13.1. The summed E-state index contributed by atoms with van der Waals surface area (Å²) in [5.74, 6) is -3.35. The van der Waals surface area contributed by atoms with Crippen LogP contribution in [0.2, 0.25) is 0 Å². The maximum Gasteiger partial charge on any atom is 0.516 e. The number of carbonyl (C=O) groups is 2. The van der Waals surface area contributed by atoms with Crippen molar-refractivity contribution < 1.29 is 62.2 Å². The highest BCUT2D eigenvalue weighted by Gasteiger charge is 2.46. The Hall–Kier alpha value is -5.62. The first-order valence-electron chi connectivity index (χ1n) is 23.3. The number of aromatic nitrogens is 4. The van der Waals surface area contributed by atoms with Crippen molar-refractivity contribution in [2.24, 2.45) is 20.5 Å². The molecule has 0 spiro atoms. The van der Waals surface area contributed by atoms with Gasteiger partial charge in [0.05, 0.1) is 24.6 Å². The quantitative estimate of drug-likeness (QED) is 0.0341. The van der Waals surface area contributed by atoms with E-state index >= 15 is 0 Å². The molecule has 4 heterocycles. The largest absolute Gasteiger partial charge is 0.516 e. The molecular weight excluding hydrogens is 1050 g/mol. The SMILES string of the molecule is CCCCOC(=O)c1nnc(N=Nc2cc3c(cc2NS(=O)(=O)C(F)(F)F)N(CCC)C(C)CC3)s1.CCCCOC(=O)c1nnc(N=Nc2cc3c(cc2NS(=O)(=O)CC(F)(F)F)N(CCC)C(C)CC3)s1. The molecule has 2 aromatic carbocycles. The Morgan fingerprint density at radius 2 is 1.08 bits per heavy atom. The summed E-state index contributed by atoms with van der Waals surface area (Å²) in [6.45, 7) is 13.8. The molecule has 0 saturated carbocycles. The average Bonchev–Trinajstić information content (AvgIpc) is 4.00. The summed E-state index contributed by atoms with van der Waals surface area (Å²) in [5, 5.41) is 30.7. The van der Waals surface area contributed by atoms with Gasteiger partial charge in [-0.05, 0) is 101 Å². The molecule has 0 radical (unpaired) electrons. The maximum absolute atomic E-state index is 13.1. The van der Waals surface area contributed by atoms with Crippen molar-refractivity contribution in [1.82, 2.24) is 20.4 Å². The fourth-order valence-electron chi connectivity index (χ4n) is 7.42. The Morgan fingerprint density at radius 1 is 0.658 bits per heavy atom. The third-order valence-electron chi connectivity index (χ3n) is 11.0. The normalized spacial score (nSPS) is 16.2. The van der Waals surface area contributed by atoms with Crippen LogP contribution in [0.4, 0.5) is 70.7 Å². The van der Waals surface area contributed by atoms with Crippen LogP contribution in [0.15, 0.2) is 44.7 Å². The zero-order valence-electron chi connectivity index (χ0n) is 40.7. The summed E-state index contributed by atoms with van der Waals surface area (Å²) in [4.78, 5) is 28.2. The summed E-state index contributed by atoms with van der Waals surface area (Å²) >= 11 is 1.62. The summed E-state index contributed by atoms with van der Waals surface area (Å²) in [6.07, 6.45) is 2.80. The van der Waals surface area contributed by atoms with Crippen LogP contribution in [-0.2, 0) is 42.4 Å². The minimum atomic E-state index is -5.70. The molecule has 2 atom stereocenters. The van der Waals surface area contributed by atoms with Crippen LogP contribution in [0.3, 0.4) is 0 Å². The molecule has 2 aliphatic rings. The Bertz CT molecular complexity index is 2830. The lowest BCUT2D eigenvalue weighted by Gasteiger charge is -2.37. The molecule has 0 aliphatic carbocycles. The topological polar surface area (TPSA) is 252 Å². The molecule has 30 heteroatoms. The second kappa shape index (κ2) is 25.6. The smallest absolute Gasteiger partial charge is 0.460 e. The van der Waals surface area contributed by atoms with Crippen LogP contribution >= 0.6 is 22.7 Å². The predicted octanol–water partition coefficient (Wildman–Crippen LogP) is 11.5. The molecule has 2 N–H and O–H groups in total. The Kier molecular flexibility index (Phi) is 20.4. The molecule has 0 amide bonds. The van der Waals surface area contributed by atoms with E-state index in [0.29, 0.717) is 44.5 Å². The number of unbranched alkanes of at least 4 members (excludes halogenated alkanes) is 2. The Balaban J connectivity index is 0.000000271. The molecular formula is C43H56F6N12O8S4. The highest BCUT2D eigenvalue weighted by atomic mass is 32.2. The number of halogens is 6. The van der Waals surface area contributed by atoms with E-state index in [-0.39, 0.29) is 68.3 Å². The minimum Gasteiger partial charge on any atom is -0.460 e. The molecule has 20 nitrogen and oxygen atoms in total. The van der Waals surface area contributed by atoms with E-state index in [0.717, 1.165) is 78.0 Å². The summed E-state index contributed by atoms with van der Waals surface area (Å²) in [6, 6.07) is 6.29. The Labute approximate surface area is 426 Å². The number of alkyl halides is 6. The van der Waals surface area contributed by atoms with Gasteiger partial charge in [-0.3, -0.25) is 9.44 Å². The van der Waals surface area contributed by atoms with E-state index in [9.17, 15) is 52.8 Å². The highest BCUT2D eigenvalue weighted by Crippen LogP contribution is 2.42. The standard InChI is InChI=1S/C22H29F3N6O4S2.C21H27F3N6O4S2/c1-4-6-10-35-20(32)19-27-29-21(36-19)28-26-16-11-15-8-7-14(3)31(9-5-2)18(15)12-17(16)30-37(33,34)13-22(23,24)25;1-4-6-10-34-19(31)18-26-28-20(35-18)27-25-15-11-14-8-7-13(3)30(9-5-2)17(14)12-16(15)29-36(32,33)21(22,23)24/h11-12,14,30H,4-10,13H2,1-3H3;11-13,29H,4-10H2,1-3H3. The van der Waals surface area contributed by atoms with E-state index < -0.39 is 49.4 Å². The third-order valence-corrected chi connectivity index (χ3v) is 14.9. The van der Waals surface area contributed by atoms with Crippen LogP contribution in [-0.4, -0.2) is 105 Å². The number of hydrogen-bond acceptors (Lipinski definition) is 20. The zero-order valence-corrected chi connectivity index (χ0v) is 44.0. The van der Waals surface area contributed by atoms with Gasteiger partial charge >= 0.3 is 33.6 Å². The van der Waals surface area contributed by atoms with Crippen LogP contribution in [0.25, 0.3) is 0 Å². The summed E-state index contributed by atoms with van der Waals surface area (Å²) in [7, 11) is -10.5. The number of carbonyl (C=O) groups excluding carboxylic acids is 2. The van der Waals surface area contributed by atoms with Gasteiger partial charge in [0.1, 0.15) is 11.4 Å². The van der Waals surface area contributed by atoms with Crippen molar-refractivity contribution in [3.63, 3.8) is 0 Å². The number of aryl methyl sites for hydroxylation is 2. The molecule has 402 valence electrons. The molecule has 73 heavy (non-hydrogen) atoms. The first-order valence-corrected chi connectivity index (χ1v) is 28.0.